The number of nitrogens with one attached hydrogen (secondary N) is 1. The number of benzene rings is 1. The van der Waals surface area contributed by atoms with Gasteiger partial charge in [0.1, 0.15) is 0 Å². The molecule has 0 aromatic heterocycles. The van der Waals surface area contributed by atoms with Crippen molar-refractivity contribution in [3.63, 3.8) is 0 Å². The molecule has 0 aliphatic heterocycles. The molecule has 2 rings (SSSR count). The summed E-state index contributed by atoms with van der Waals surface area (Å²) in [6.45, 7) is 0. The van der Waals surface area contributed by atoms with E-state index in [-0.39, 0.29) is 12.3 Å². The van der Waals surface area contributed by atoms with Gasteiger partial charge in [-0.15, -0.1) is 11.8 Å². The summed E-state index contributed by atoms with van der Waals surface area (Å²) >= 11 is 1.60. The third-order valence-corrected chi connectivity index (χ3v) is 5.60. The Labute approximate surface area is 157 Å². The second-order valence-corrected chi connectivity index (χ2v) is 7.33. The molecule has 1 aliphatic rings. The van der Waals surface area contributed by atoms with Crippen LogP contribution in [0.1, 0.15) is 43.7 Å². The van der Waals surface area contributed by atoms with Crippen molar-refractivity contribution in [2.75, 3.05) is 13.4 Å². The molecule has 6 nitrogen and oxygen atoms in total. The molecule has 3 atom stereocenters. The predicted octanol–water partition coefficient (Wildman–Crippen LogP) is 3.02. The highest BCUT2D eigenvalue weighted by molar-refractivity contribution is 7.98. The van der Waals surface area contributed by atoms with Crippen LogP contribution in [-0.4, -0.2) is 36.3 Å². The number of thioether (sulfide) groups is 1. The van der Waals surface area contributed by atoms with Crippen LogP contribution in [0.5, 0.6) is 0 Å². The fraction of sp³-hybridized carbons (Fsp3) is 0.526. The lowest BCUT2D eigenvalue weighted by molar-refractivity contribution is -0.149. The topological polar surface area (TPSA) is 92.7 Å². The third kappa shape index (κ3) is 5.24. The fourth-order valence-electron chi connectivity index (χ4n) is 3.36. The Bertz CT molecular complexity index is 646. The third-order valence-electron chi connectivity index (χ3n) is 4.85. The molecule has 0 saturated heterocycles. The van der Waals surface area contributed by atoms with E-state index in [4.69, 9.17) is 4.74 Å². The van der Waals surface area contributed by atoms with E-state index in [9.17, 15) is 19.5 Å². The molecule has 1 amide bonds. The minimum atomic E-state index is -0.932. The zero-order valence-corrected chi connectivity index (χ0v) is 15.9. The van der Waals surface area contributed by atoms with Crippen molar-refractivity contribution >= 4 is 29.6 Å². The number of carbonyl (C=O) groups excluding carboxylic acids is 2. The average molecular weight is 379 g/mol. The number of hydrogen-bond donors (Lipinski definition) is 2. The van der Waals surface area contributed by atoms with Crippen LogP contribution in [-0.2, 0) is 19.1 Å². The number of aliphatic carboxylic acids is 1. The summed E-state index contributed by atoms with van der Waals surface area (Å²) < 4.78 is 4.75. The number of amides is 1. The van der Waals surface area contributed by atoms with Gasteiger partial charge in [0.25, 0.3) is 0 Å². The van der Waals surface area contributed by atoms with E-state index >= 15 is 0 Å². The summed E-state index contributed by atoms with van der Waals surface area (Å²) in [7, 11) is 1.31. The van der Waals surface area contributed by atoms with Crippen LogP contribution in [0.2, 0.25) is 0 Å². The van der Waals surface area contributed by atoms with Gasteiger partial charge >= 0.3 is 11.9 Å². The van der Waals surface area contributed by atoms with Gasteiger partial charge < -0.3 is 15.2 Å². The van der Waals surface area contributed by atoms with Crippen LogP contribution in [0.3, 0.4) is 0 Å². The van der Waals surface area contributed by atoms with Crippen molar-refractivity contribution in [1.29, 1.82) is 0 Å². The second-order valence-electron chi connectivity index (χ2n) is 6.45. The van der Waals surface area contributed by atoms with Gasteiger partial charge in [0, 0.05) is 4.90 Å². The Balaban J connectivity index is 2.17. The molecule has 142 valence electrons. The molecule has 1 saturated carbocycles. The van der Waals surface area contributed by atoms with E-state index in [1.807, 2.05) is 30.5 Å². The molecule has 1 aliphatic carbocycles. The number of methoxy groups -OCH3 is 1. The lowest BCUT2D eigenvalue weighted by Gasteiger charge is -2.29. The van der Waals surface area contributed by atoms with Crippen LogP contribution in [0, 0.1) is 11.8 Å². The van der Waals surface area contributed by atoms with Crippen molar-refractivity contribution in [1.82, 2.24) is 5.32 Å². The number of hydrogen-bond acceptors (Lipinski definition) is 5. The maximum atomic E-state index is 12.8. The number of carboxylic acid groups (broad SMARTS) is 1. The van der Waals surface area contributed by atoms with Crippen molar-refractivity contribution in [2.45, 2.75) is 43.0 Å². The van der Waals surface area contributed by atoms with Crippen LogP contribution in [0.25, 0.3) is 0 Å². The number of ether oxygens (including phenoxy) is 1. The Morgan fingerprint density at radius 3 is 2.35 bits per heavy atom. The molecule has 0 unspecified atom stereocenters. The molecule has 0 spiro atoms. The van der Waals surface area contributed by atoms with E-state index in [0.717, 1.165) is 23.3 Å². The molecule has 0 radical (unpaired) electrons. The first-order chi connectivity index (χ1) is 12.5. The van der Waals surface area contributed by atoms with Gasteiger partial charge in [-0.1, -0.05) is 25.0 Å². The molecule has 1 aromatic rings. The molecule has 7 heteroatoms. The van der Waals surface area contributed by atoms with Crippen LogP contribution < -0.4 is 5.32 Å². The monoisotopic (exact) mass is 379 g/mol. The molecular weight excluding hydrogens is 354 g/mol. The molecular formula is C19H25NO5S. The van der Waals surface area contributed by atoms with Crippen molar-refractivity contribution in [3.8, 4) is 0 Å². The highest BCUT2D eigenvalue weighted by Crippen LogP contribution is 2.31. The molecule has 1 fully saturated rings. The first kappa shape index (κ1) is 20.3. The van der Waals surface area contributed by atoms with Gasteiger partial charge in [-0.2, -0.15) is 0 Å². The lowest BCUT2D eigenvalue weighted by atomic mass is 9.78. The minimum Gasteiger partial charge on any atom is -0.481 e. The summed E-state index contributed by atoms with van der Waals surface area (Å²) in [6.07, 6.45) is 4.70. The molecule has 0 heterocycles. The summed E-state index contributed by atoms with van der Waals surface area (Å²) in [5.74, 6) is -2.89. The van der Waals surface area contributed by atoms with Gasteiger partial charge in [-0.05, 0) is 36.8 Å². The molecule has 26 heavy (non-hydrogen) atoms. The van der Waals surface area contributed by atoms with Crippen molar-refractivity contribution in [2.24, 2.45) is 11.8 Å². The first-order valence-electron chi connectivity index (χ1n) is 8.70. The normalized spacial score (nSPS) is 20.8. The fourth-order valence-corrected chi connectivity index (χ4v) is 3.77. The van der Waals surface area contributed by atoms with Crippen LogP contribution >= 0.6 is 11.8 Å². The summed E-state index contributed by atoms with van der Waals surface area (Å²) in [5, 5.41) is 12.3. The van der Waals surface area contributed by atoms with Crippen molar-refractivity contribution < 1.29 is 24.2 Å². The van der Waals surface area contributed by atoms with E-state index in [1.165, 1.54) is 7.11 Å². The predicted molar refractivity (Wildman–Crippen MR) is 98.8 cm³/mol. The molecule has 0 bridgehead atoms. The quantitative estimate of drug-likeness (QED) is 0.559. The van der Waals surface area contributed by atoms with Gasteiger partial charge in [0.15, 0.2) is 0 Å². The van der Waals surface area contributed by atoms with Gasteiger partial charge in [0.05, 0.1) is 31.4 Å². The maximum absolute atomic E-state index is 12.8. The van der Waals surface area contributed by atoms with Gasteiger partial charge in [-0.25, -0.2) is 0 Å². The minimum absolute atomic E-state index is 0.00527. The number of carboxylic acids is 1. The van der Waals surface area contributed by atoms with Gasteiger partial charge in [-0.3, -0.25) is 14.4 Å². The maximum Gasteiger partial charge on any atom is 0.307 e. The standard InChI is InChI=1S/C19H25NO5S/c1-25-17(21)11-16(12-7-9-13(26-2)10-8-12)20-18(22)14-5-3-4-6-15(14)19(23)24/h7-10,14-16H,3-6,11H2,1-2H3,(H,20,22)(H,23,24)/t14-,15+,16+/m1/s1. The van der Waals surface area contributed by atoms with E-state index in [0.29, 0.717) is 12.8 Å². The highest BCUT2D eigenvalue weighted by atomic mass is 32.2. The Morgan fingerprint density at radius 2 is 1.81 bits per heavy atom. The zero-order chi connectivity index (χ0) is 19.1. The molecule has 1 aromatic carbocycles. The number of carbonyl (C=O) groups is 3. The second kappa shape index (κ2) is 9.62. The first-order valence-corrected chi connectivity index (χ1v) is 9.92. The number of esters is 1. The SMILES string of the molecule is COC(=O)C[C@H](NC(=O)[C@@H]1CCCC[C@@H]1C(=O)O)c1ccc(SC)cc1. The highest BCUT2D eigenvalue weighted by Gasteiger charge is 2.36. The Morgan fingerprint density at radius 1 is 1.19 bits per heavy atom. The van der Waals surface area contributed by atoms with E-state index in [1.54, 1.807) is 11.8 Å². The lowest BCUT2D eigenvalue weighted by Crippen LogP contribution is -2.41. The van der Waals surface area contributed by atoms with Crippen molar-refractivity contribution in [3.05, 3.63) is 29.8 Å². The smallest absolute Gasteiger partial charge is 0.307 e. The largest absolute Gasteiger partial charge is 0.481 e. The van der Waals surface area contributed by atoms with E-state index < -0.39 is 29.8 Å². The summed E-state index contributed by atoms with van der Waals surface area (Å²) in [4.78, 5) is 37.1. The molecule has 2 N–H and O–H groups in total. The van der Waals surface area contributed by atoms with Crippen LogP contribution in [0.4, 0.5) is 0 Å². The van der Waals surface area contributed by atoms with E-state index in [2.05, 4.69) is 5.32 Å². The number of rotatable bonds is 7. The van der Waals surface area contributed by atoms with Crippen LogP contribution in [0.15, 0.2) is 29.2 Å². The zero-order valence-electron chi connectivity index (χ0n) is 15.1. The summed E-state index contributed by atoms with van der Waals surface area (Å²) in [6, 6.07) is 7.06. The average Bonchev–Trinajstić information content (AvgIpc) is 2.67. The summed E-state index contributed by atoms with van der Waals surface area (Å²) in [5.41, 5.74) is 0.796. The van der Waals surface area contributed by atoms with Gasteiger partial charge in [0.2, 0.25) is 5.91 Å². The Kier molecular flexibility index (Phi) is 7.50. The Hall–Kier alpha value is -2.02.